The van der Waals surface area contributed by atoms with Crippen molar-refractivity contribution in [3.8, 4) is 11.5 Å². The van der Waals surface area contributed by atoms with Crippen molar-refractivity contribution in [3.05, 3.63) is 23.3 Å². The van der Waals surface area contributed by atoms with Gasteiger partial charge >= 0.3 is 0 Å². The normalized spacial score (nSPS) is 19.9. The van der Waals surface area contributed by atoms with E-state index in [4.69, 9.17) is 16.4 Å². The predicted octanol–water partition coefficient (Wildman–Crippen LogP) is 3.12. The maximum absolute atomic E-state index is 13.9. The third-order valence-electron chi connectivity index (χ3n) is 3.36. The molecular formula is C14H14ClF4NO5S. The number of hydrogen-bond donors (Lipinski definition) is 0. The van der Waals surface area contributed by atoms with Gasteiger partial charge in [-0.05, 0) is 13.8 Å². The van der Waals surface area contributed by atoms with Gasteiger partial charge in [0.15, 0.2) is 28.1 Å². The summed E-state index contributed by atoms with van der Waals surface area (Å²) in [6, 6.07) is 0. The highest BCUT2D eigenvalue weighted by Gasteiger charge is 2.40. The number of hydrogen-bond acceptors (Lipinski definition) is 6. The molecule has 1 aromatic rings. The van der Waals surface area contributed by atoms with Crippen LogP contribution < -0.4 is 9.47 Å². The van der Waals surface area contributed by atoms with Gasteiger partial charge in [0.05, 0.1) is 12.5 Å². The van der Waals surface area contributed by atoms with E-state index in [2.05, 4.69) is 14.6 Å². The van der Waals surface area contributed by atoms with Gasteiger partial charge in [0.25, 0.3) is 0 Å². The van der Waals surface area contributed by atoms with Crippen LogP contribution >= 0.6 is 11.6 Å². The van der Waals surface area contributed by atoms with Crippen LogP contribution in [0.4, 0.5) is 17.6 Å². The maximum atomic E-state index is 13.9. The molecule has 0 N–H and O–H groups in total. The second-order valence-corrected chi connectivity index (χ2v) is 7.76. The Morgan fingerprint density at radius 2 is 1.62 bits per heavy atom. The van der Waals surface area contributed by atoms with Crippen molar-refractivity contribution >= 4 is 26.5 Å². The molecule has 12 heteroatoms. The molecular weight excluding hydrogens is 406 g/mol. The number of halogens is 5. The first-order valence-corrected chi connectivity index (χ1v) is 9.40. The Morgan fingerprint density at radius 3 is 2.04 bits per heavy atom. The molecule has 1 aliphatic heterocycles. The monoisotopic (exact) mass is 419 g/mol. The Labute approximate surface area is 151 Å². The van der Waals surface area contributed by atoms with Gasteiger partial charge in [0.1, 0.15) is 0 Å². The van der Waals surface area contributed by atoms with Crippen molar-refractivity contribution < 1.29 is 40.3 Å². The van der Waals surface area contributed by atoms with Gasteiger partial charge < -0.3 is 14.3 Å². The van der Waals surface area contributed by atoms with E-state index in [0.29, 0.717) is 0 Å². The van der Waals surface area contributed by atoms with Crippen LogP contribution in [0.25, 0.3) is 0 Å². The summed E-state index contributed by atoms with van der Waals surface area (Å²) >= 11 is 5.64. The zero-order chi connectivity index (χ0) is 19.7. The Balaban J connectivity index is 2.25. The van der Waals surface area contributed by atoms with Crippen LogP contribution in [0.5, 0.6) is 11.5 Å². The highest BCUT2D eigenvalue weighted by molar-refractivity contribution is 8.06. The zero-order valence-corrected chi connectivity index (χ0v) is 15.2. The fourth-order valence-corrected chi connectivity index (χ4v) is 3.21. The molecule has 0 saturated carbocycles. The maximum Gasteiger partial charge on any atom is 0.230 e. The number of alkyl halides is 1. The first-order chi connectivity index (χ1) is 12.1. The second-order valence-electron chi connectivity index (χ2n) is 5.56. The van der Waals surface area contributed by atoms with Crippen LogP contribution in [0.2, 0.25) is 0 Å². The summed E-state index contributed by atoms with van der Waals surface area (Å²) in [7, 11) is -4.28. The molecule has 1 aliphatic rings. The summed E-state index contributed by atoms with van der Waals surface area (Å²) < 4.78 is 88.6. The molecule has 6 nitrogen and oxygen atoms in total. The number of sulfone groups is 1. The third-order valence-corrected chi connectivity index (χ3v) is 5.29. The average Bonchev–Trinajstić information content (AvgIpc) is 3.01. The number of ether oxygens (including phenoxy) is 2. The van der Waals surface area contributed by atoms with Gasteiger partial charge in [-0.3, -0.25) is 0 Å². The fraction of sp³-hybridized carbons (Fsp3) is 0.500. The van der Waals surface area contributed by atoms with Crippen molar-refractivity contribution in [2.75, 3.05) is 18.4 Å². The van der Waals surface area contributed by atoms with E-state index >= 15 is 0 Å². The summed E-state index contributed by atoms with van der Waals surface area (Å²) in [6.07, 6.45) is -0.195. The van der Waals surface area contributed by atoms with Crippen LogP contribution in [0.3, 0.4) is 0 Å². The van der Waals surface area contributed by atoms with Crippen molar-refractivity contribution in [3.63, 3.8) is 0 Å². The van der Waals surface area contributed by atoms with Crippen LogP contribution in [0.1, 0.15) is 20.3 Å². The molecule has 26 heavy (non-hydrogen) atoms. The molecule has 146 valence electrons. The lowest BCUT2D eigenvalue weighted by Gasteiger charge is -2.16. The summed E-state index contributed by atoms with van der Waals surface area (Å²) in [5.41, 5.74) is -1.06. The van der Waals surface area contributed by atoms with Gasteiger partial charge in [-0.2, -0.15) is 17.6 Å². The Morgan fingerprint density at radius 1 is 1.12 bits per heavy atom. The largest absolute Gasteiger partial charge is 0.488 e. The van der Waals surface area contributed by atoms with Crippen LogP contribution in [-0.4, -0.2) is 37.5 Å². The smallest absolute Gasteiger partial charge is 0.230 e. The van der Waals surface area contributed by atoms with E-state index in [9.17, 15) is 26.0 Å². The minimum Gasteiger partial charge on any atom is -0.488 e. The molecule has 1 heterocycles. The summed E-state index contributed by atoms with van der Waals surface area (Å²) in [4.78, 5) is 4.91. The van der Waals surface area contributed by atoms with Crippen molar-refractivity contribution in [2.45, 2.75) is 25.9 Å². The van der Waals surface area contributed by atoms with Gasteiger partial charge in [0, 0.05) is 6.42 Å². The summed E-state index contributed by atoms with van der Waals surface area (Å²) in [5, 5.41) is 2.91. The molecule has 0 saturated heterocycles. The molecule has 1 atom stereocenters. The fourth-order valence-electron chi connectivity index (χ4n) is 1.98. The van der Waals surface area contributed by atoms with Crippen LogP contribution in [0.15, 0.2) is 5.16 Å². The Bertz CT molecular complexity index is 819. The SMILES string of the molecule is CCOc1c(F)c(F)c(OCS(=O)(=O)C2=NOC(C)(CCl)C2)c(F)c1F. The van der Waals surface area contributed by atoms with E-state index in [1.807, 2.05) is 0 Å². The van der Waals surface area contributed by atoms with Crippen molar-refractivity contribution in [1.29, 1.82) is 0 Å². The number of rotatable bonds is 6. The highest BCUT2D eigenvalue weighted by atomic mass is 35.5. The zero-order valence-electron chi connectivity index (χ0n) is 13.6. The predicted molar refractivity (Wildman–Crippen MR) is 84.1 cm³/mol. The van der Waals surface area contributed by atoms with E-state index < -0.39 is 61.2 Å². The van der Waals surface area contributed by atoms with E-state index in [0.717, 1.165) is 0 Å². The quantitative estimate of drug-likeness (QED) is 0.402. The third kappa shape index (κ3) is 3.83. The topological polar surface area (TPSA) is 74.2 Å². The van der Waals surface area contributed by atoms with Gasteiger partial charge in [-0.1, -0.05) is 5.16 Å². The first kappa shape index (κ1) is 20.6. The minimum atomic E-state index is -4.28. The van der Waals surface area contributed by atoms with Crippen LogP contribution in [-0.2, 0) is 14.7 Å². The molecule has 2 rings (SSSR count). The summed E-state index contributed by atoms with van der Waals surface area (Å²) in [5.74, 6) is -11.7. The lowest BCUT2D eigenvalue weighted by molar-refractivity contribution is 0.0152. The molecule has 0 radical (unpaired) electrons. The molecule has 1 aromatic carbocycles. The summed E-state index contributed by atoms with van der Waals surface area (Å²) in [6.45, 7) is 2.61. The molecule has 0 aromatic heterocycles. The molecule has 0 aliphatic carbocycles. The van der Waals surface area contributed by atoms with Crippen molar-refractivity contribution in [1.82, 2.24) is 0 Å². The number of nitrogens with zero attached hydrogens (tertiary/aromatic N) is 1. The lowest BCUT2D eigenvalue weighted by atomic mass is 10.1. The van der Waals surface area contributed by atoms with Gasteiger partial charge in [0.2, 0.25) is 33.1 Å². The van der Waals surface area contributed by atoms with E-state index in [-0.39, 0.29) is 18.9 Å². The molecule has 1 unspecified atom stereocenters. The number of oxime groups is 1. The second kappa shape index (κ2) is 7.47. The van der Waals surface area contributed by atoms with Crippen LogP contribution in [0, 0.1) is 23.3 Å². The Hall–Kier alpha value is -1.75. The molecule has 0 fully saturated rings. The van der Waals surface area contributed by atoms with Gasteiger partial charge in [-0.25, -0.2) is 8.42 Å². The minimum absolute atomic E-state index is 0.0606. The Kier molecular flexibility index (Phi) is 5.91. The van der Waals surface area contributed by atoms with Crippen molar-refractivity contribution in [2.24, 2.45) is 5.16 Å². The molecule has 0 bridgehead atoms. The highest BCUT2D eigenvalue weighted by Crippen LogP contribution is 2.35. The van der Waals surface area contributed by atoms with Gasteiger partial charge in [-0.15, -0.1) is 11.6 Å². The molecule has 0 amide bonds. The molecule has 0 spiro atoms. The number of benzene rings is 1. The van der Waals surface area contributed by atoms with E-state index in [1.54, 1.807) is 0 Å². The standard InChI is InChI=1S/C14H14ClF4NO5S/c1-3-23-12-8(16)10(18)13(11(19)9(12)17)24-6-26(21,22)7-4-14(2,5-15)25-20-7/h3-6H2,1-2H3. The average molecular weight is 420 g/mol. The van der Waals surface area contributed by atoms with E-state index in [1.165, 1.54) is 13.8 Å². The first-order valence-electron chi connectivity index (χ1n) is 7.21. The lowest BCUT2D eigenvalue weighted by Crippen LogP contribution is -2.30.